The Labute approximate surface area is 358 Å². The fourth-order valence-corrected chi connectivity index (χ4v) is 12.2. The lowest BCUT2D eigenvalue weighted by Crippen LogP contribution is -2.16. The molecule has 0 heteroatoms. The molecule has 0 N–H and O–H groups in total. The van der Waals surface area contributed by atoms with Gasteiger partial charge in [-0.15, -0.1) is 0 Å². The first-order chi connectivity index (χ1) is 29.5. The Morgan fingerprint density at radius 2 is 0.590 bits per heavy atom. The molecule has 0 spiro atoms. The van der Waals surface area contributed by atoms with E-state index in [0.717, 1.165) is 0 Å². The Morgan fingerprint density at radius 3 is 1.02 bits per heavy atom. The van der Waals surface area contributed by atoms with Gasteiger partial charge in [0, 0.05) is 16.2 Å². The maximum absolute atomic E-state index is 2.53. The van der Waals surface area contributed by atoms with E-state index in [1.807, 2.05) is 0 Å². The molecule has 10 aromatic carbocycles. The summed E-state index contributed by atoms with van der Waals surface area (Å²) in [4.78, 5) is 0. The molecule has 0 radical (unpaired) electrons. The number of rotatable bonds is 2. The van der Waals surface area contributed by atoms with Crippen LogP contribution in [-0.4, -0.2) is 0 Å². The van der Waals surface area contributed by atoms with Crippen LogP contribution in [0.25, 0.3) is 98.7 Å². The highest BCUT2D eigenvalue weighted by atomic mass is 14.4. The molecule has 290 valence electrons. The molecule has 10 aromatic rings. The van der Waals surface area contributed by atoms with Crippen molar-refractivity contribution in [2.45, 2.75) is 57.8 Å². The Bertz CT molecular complexity index is 3370. The molecule has 61 heavy (non-hydrogen) atoms. The van der Waals surface area contributed by atoms with Crippen LogP contribution in [0.4, 0.5) is 0 Å². The predicted octanol–water partition coefficient (Wildman–Crippen LogP) is 16.6. The zero-order valence-corrected chi connectivity index (χ0v) is 35.7. The van der Waals surface area contributed by atoms with E-state index in [9.17, 15) is 0 Å². The highest BCUT2D eigenvalue weighted by Gasteiger charge is 2.41. The molecule has 13 rings (SSSR count). The zero-order chi connectivity index (χ0) is 41.2. The summed E-state index contributed by atoms with van der Waals surface area (Å²) in [5.74, 6) is 0. The molecular formula is C61H46. The summed E-state index contributed by atoms with van der Waals surface area (Å²) in [6, 6.07) is 65.1. The largest absolute Gasteiger partial charge is 0.0616 e. The molecule has 3 aliphatic carbocycles. The molecule has 0 unspecified atom stereocenters. The Hall–Kier alpha value is -6.76. The van der Waals surface area contributed by atoms with Gasteiger partial charge in [-0.3, -0.25) is 0 Å². The van der Waals surface area contributed by atoms with E-state index < -0.39 is 0 Å². The molecule has 0 saturated heterocycles. The van der Waals surface area contributed by atoms with Crippen LogP contribution in [0.15, 0.2) is 170 Å². The van der Waals surface area contributed by atoms with Gasteiger partial charge in [-0.05, 0) is 156 Å². The average molecular weight is 779 g/mol. The maximum Gasteiger partial charge on any atom is 0.0159 e. The highest BCUT2D eigenvalue weighted by Crippen LogP contribution is 2.58. The topological polar surface area (TPSA) is 0 Å². The molecule has 0 saturated carbocycles. The third-order valence-electron chi connectivity index (χ3n) is 15.4. The second kappa shape index (κ2) is 11.7. The number of hydrogen-bond donors (Lipinski definition) is 0. The zero-order valence-electron chi connectivity index (χ0n) is 35.7. The second-order valence-electron chi connectivity index (χ2n) is 19.6. The van der Waals surface area contributed by atoms with E-state index in [0.29, 0.717) is 0 Å². The summed E-state index contributed by atoms with van der Waals surface area (Å²) >= 11 is 0. The molecule has 0 aliphatic heterocycles. The first-order valence-electron chi connectivity index (χ1n) is 22.0. The van der Waals surface area contributed by atoms with Crippen molar-refractivity contribution >= 4 is 43.1 Å². The van der Waals surface area contributed by atoms with E-state index >= 15 is 0 Å². The normalized spacial score (nSPS) is 15.8. The van der Waals surface area contributed by atoms with Gasteiger partial charge in [0.15, 0.2) is 0 Å². The van der Waals surface area contributed by atoms with Crippen molar-refractivity contribution in [3.05, 3.63) is 203 Å². The minimum atomic E-state index is -0.182. The van der Waals surface area contributed by atoms with Gasteiger partial charge in [-0.25, -0.2) is 0 Å². The van der Waals surface area contributed by atoms with Crippen LogP contribution in [0.1, 0.15) is 74.9 Å². The van der Waals surface area contributed by atoms with E-state index in [4.69, 9.17) is 0 Å². The average Bonchev–Trinajstić information content (AvgIpc) is 3.77. The van der Waals surface area contributed by atoms with Gasteiger partial charge < -0.3 is 0 Å². The summed E-state index contributed by atoms with van der Waals surface area (Å²) in [5.41, 5.74) is 21.6. The summed E-state index contributed by atoms with van der Waals surface area (Å²) in [6.07, 6.45) is 0. The minimum absolute atomic E-state index is 0.121. The van der Waals surface area contributed by atoms with Gasteiger partial charge in [-0.2, -0.15) is 0 Å². The van der Waals surface area contributed by atoms with Gasteiger partial charge >= 0.3 is 0 Å². The molecule has 0 atom stereocenters. The summed E-state index contributed by atoms with van der Waals surface area (Å²) in [7, 11) is 0. The van der Waals surface area contributed by atoms with Gasteiger partial charge in [-0.1, -0.05) is 187 Å². The predicted molar refractivity (Wildman–Crippen MR) is 260 cm³/mol. The maximum atomic E-state index is 2.53. The Balaban J connectivity index is 0.962. The van der Waals surface area contributed by atoms with E-state index in [-0.39, 0.29) is 16.2 Å². The van der Waals surface area contributed by atoms with Crippen molar-refractivity contribution < 1.29 is 0 Å². The highest BCUT2D eigenvalue weighted by molar-refractivity contribution is 6.16. The monoisotopic (exact) mass is 778 g/mol. The quantitative estimate of drug-likeness (QED) is 0.164. The minimum Gasteiger partial charge on any atom is -0.0616 e. The fourth-order valence-electron chi connectivity index (χ4n) is 12.2. The molecular weight excluding hydrogens is 733 g/mol. The van der Waals surface area contributed by atoms with E-state index in [2.05, 4.69) is 211 Å². The number of hydrogen-bond acceptors (Lipinski definition) is 0. The second-order valence-corrected chi connectivity index (χ2v) is 19.6. The van der Waals surface area contributed by atoms with Gasteiger partial charge in [0.1, 0.15) is 0 Å². The van der Waals surface area contributed by atoms with Crippen LogP contribution < -0.4 is 0 Å². The van der Waals surface area contributed by atoms with Crippen molar-refractivity contribution in [3.8, 4) is 55.6 Å². The van der Waals surface area contributed by atoms with Crippen LogP contribution in [0.5, 0.6) is 0 Å². The Kier molecular flexibility index (Phi) is 6.74. The van der Waals surface area contributed by atoms with Crippen LogP contribution >= 0.6 is 0 Å². The first kappa shape index (κ1) is 35.0. The molecule has 0 bridgehead atoms. The summed E-state index contributed by atoms with van der Waals surface area (Å²) < 4.78 is 0. The van der Waals surface area contributed by atoms with Crippen molar-refractivity contribution in [3.63, 3.8) is 0 Å². The molecule has 3 aliphatic rings. The standard InChI is InChI=1S/C61H46/c1-59(2)49-29-25-35-15-7-9-17-39(35)55(49)57-45-21-13-11-19-41(45)47(33-53(57)59)37-23-27-43-44-28-24-38(32-52(44)61(5,6)51(43)31-37)48-34-54-58(46-22-14-12-20-42(46)48)56-40-18-10-8-16-36(40)26-30-50(56)60(54,3)4/h7-34H,1-6H3. The van der Waals surface area contributed by atoms with Crippen LogP contribution in [0, 0.1) is 0 Å². The van der Waals surface area contributed by atoms with Crippen molar-refractivity contribution in [2.75, 3.05) is 0 Å². The van der Waals surface area contributed by atoms with Crippen molar-refractivity contribution in [1.29, 1.82) is 0 Å². The molecule has 0 amide bonds. The third-order valence-corrected chi connectivity index (χ3v) is 15.4. The number of fused-ring (bicyclic) bond motifs is 17. The SMILES string of the molecule is CC1(C)c2cc(-c3cc4c(c5ccccc35)-c3c(ccc5ccccc35)C4(C)C)ccc2-c2ccc(-c3cc4c(c5ccccc35)-c3c(ccc5ccccc35)C4(C)C)cc21. The van der Waals surface area contributed by atoms with Gasteiger partial charge in [0.05, 0.1) is 0 Å². The lowest BCUT2D eigenvalue weighted by atomic mass is 9.78. The summed E-state index contributed by atoms with van der Waals surface area (Å²) in [6.45, 7) is 14.5. The number of benzene rings is 10. The molecule has 0 fully saturated rings. The van der Waals surface area contributed by atoms with E-state index in [1.165, 1.54) is 132 Å². The van der Waals surface area contributed by atoms with Crippen LogP contribution in [0.2, 0.25) is 0 Å². The van der Waals surface area contributed by atoms with E-state index in [1.54, 1.807) is 0 Å². The van der Waals surface area contributed by atoms with Crippen molar-refractivity contribution in [1.82, 2.24) is 0 Å². The lowest BCUT2D eigenvalue weighted by Gasteiger charge is -2.25. The Morgan fingerprint density at radius 1 is 0.246 bits per heavy atom. The first-order valence-corrected chi connectivity index (χ1v) is 22.0. The van der Waals surface area contributed by atoms with Gasteiger partial charge in [0.25, 0.3) is 0 Å². The molecule has 0 nitrogen and oxygen atoms in total. The smallest absolute Gasteiger partial charge is 0.0159 e. The summed E-state index contributed by atoms with van der Waals surface area (Å²) in [5, 5.41) is 10.6. The van der Waals surface area contributed by atoms with Crippen LogP contribution in [0.3, 0.4) is 0 Å². The lowest BCUT2D eigenvalue weighted by molar-refractivity contribution is 0.660. The third kappa shape index (κ3) is 4.45. The van der Waals surface area contributed by atoms with Crippen molar-refractivity contribution in [2.24, 2.45) is 0 Å². The van der Waals surface area contributed by atoms with Crippen LogP contribution in [-0.2, 0) is 16.2 Å². The fraction of sp³-hybridized carbons (Fsp3) is 0.148. The molecule has 0 heterocycles. The van der Waals surface area contributed by atoms with Gasteiger partial charge in [0.2, 0.25) is 0 Å². The molecule has 0 aromatic heterocycles.